The van der Waals surface area contributed by atoms with Crippen LogP contribution in [0.25, 0.3) is 0 Å². The molecule has 0 saturated carbocycles. The van der Waals surface area contributed by atoms with Gasteiger partial charge < -0.3 is 23.7 Å². The molecule has 3 aliphatic rings. The van der Waals surface area contributed by atoms with Crippen molar-refractivity contribution < 1.29 is 23.7 Å². The molecule has 3 rings (SSSR count). The van der Waals surface area contributed by atoms with E-state index >= 15 is 0 Å². The van der Waals surface area contributed by atoms with Crippen LogP contribution in [0.4, 0.5) is 0 Å². The molecule has 0 aromatic carbocycles. The molecule has 2 bridgehead atoms. The van der Waals surface area contributed by atoms with Gasteiger partial charge in [-0.05, 0) is 25.1 Å². The number of hydrogen-bond donors (Lipinski definition) is 1. The minimum Gasteiger partial charge on any atom is -0.451 e. The number of hydrogen-bond acceptors (Lipinski definition) is 6. The van der Waals surface area contributed by atoms with Gasteiger partial charge in [0.1, 0.15) is 24.4 Å². The SMILES string of the molecule is CCOC1=N[C@H]2[C@@H](O1)[C@H]1O[C@@H]2[C@H](O)[C@@]1(Cl)O[Si](C)(C)C(C)(C)C. The summed E-state index contributed by atoms with van der Waals surface area (Å²) in [5.41, 5.74) is 0. The Labute approximate surface area is 143 Å². The number of halogens is 1. The van der Waals surface area contributed by atoms with Crippen LogP contribution in [0.2, 0.25) is 18.1 Å². The molecule has 2 fully saturated rings. The second-order valence-corrected chi connectivity index (χ2v) is 13.2. The fourth-order valence-electron chi connectivity index (χ4n) is 3.07. The third-order valence-corrected chi connectivity index (χ3v) is 10.5. The average molecular weight is 364 g/mol. The fraction of sp³-hybridized carbons (Fsp3) is 0.933. The first-order valence-electron chi connectivity index (χ1n) is 8.11. The van der Waals surface area contributed by atoms with Crippen molar-refractivity contribution >= 4 is 26.0 Å². The summed E-state index contributed by atoms with van der Waals surface area (Å²) in [6, 6.07) is -0.286. The highest BCUT2D eigenvalue weighted by Gasteiger charge is 2.72. The highest BCUT2D eigenvalue weighted by atomic mass is 35.5. The van der Waals surface area contributed by atoms with Crippen molar-refractivity contribution in [1.82, 2.24) is 0 Å². The van der Waals surface area contributed by atoms with Crippen LogP contribution >= 0.6 is 11.6 Å². The van der Waals surface area contributed by atoms with Crippen molar-refractivity contribution in [1.29, 1.82) is 0 Å². The molecule has 1 N–H and O–H groups in total. The number of alkyl halides is 1. The predicted molar refractivity (Wildman–Crippen MR) is 89.3 cm³/mol. The van der Waals surface area contributed by atoms with Crippen molar-refractivity contribution in [3.05, 3.63) is 0 Å². The molecule has 0 unspecified atom stereocenters. The molecule has 0 amide bonds. The topological polar surface area (TPSA) is 69.5 Å². The van der Waals surface area contributed by atoms with E-state index in [1.165, 1.54) is 0 Å². The third kappa shape index (κ3) is 2.52. The van der Waals surface area contributed by atoms with E-state index < -0.39 is 31.7 Å². The Morgan fingerprint density at radius 2 is 2.00 bits per heavy atom. The van der Waals surface area contributed by atoms with Crippen LogP contribution in [-0.2, 0) is 18.6 Å². The van der Waals surface area contributed by atoms with Crippen LogP contribution in [0.15, 0.2) is 4.99 Å². The van der Waals surface area contributed by atoms with Crippen molar-refractivity contribution in [2.24, 2.45) is 4.99 Å². The first-order valence-corrected chi connectivity index (χ1v) is 11.4. The average Bonchev–Trinajstić information content (AvgIpc) is 3.00. The number of nitrogens with zero attached hydrogens (tertiary/aromatic N) is 1. The Balaban J connectivity index is 1.82. The molecule has 0 spiro atoms. The Morgan fingerprint density at radius 1 is 1.35 bits per heavy atom. The molecule has 0 radical (unpaired) electrons. The summed E-state index contributed by atoms with van der Waals surface area (Å²) in [5.74, 6) is 0. The van der Waals surface area contributed by atoms with Gasteiger partial charge >= 0.3 is 6.08 Å². The summed E-state index contributed by atoms with van der Waals surface area (Å²) < 4.78 is 23.3. The van der Waals surface area contributed by atoms with Gasteiger partial charge in [-0.3, -0.25) is 0 Å². The monoisotopic (exact) mass is 363 g/mol. The molecule has 2 saturated heterocycles. The zero-order valence-corrected chi connectivity index (χ0v) is 16.3. The van der Waals surface area contributed by atoms with E-state index in [4.69, 9.17) is 30.2 Å². The Bertz CT molecular complexity index is 522. The molecule has 0 aliphatic carbocycles. The van der Waals surface area contributed by atoms with Gasteiger partial charge in [-0.25, -0.2) is 4.99 Å². The molecule has 132 valence electrons. The smallest absolute Gasteiger partial charge is 0.384 e. The normalized spacial score (nSPS) is 42.4. The lowest BCUT2D eigenvalue weighted by Crippen LogP contribution is -2.62. The molecule has 3 heterocycles. The minimum atomic E-state index is -2.19. The highest BCUT2D eigenvalue weighted by molar-refractivity contribution is 6.74. The zero-order chi connectivity index (χ0) is 17.2. The summed E-state index contributed by atoms with van der Waals surface area (Å²) in [6.07, 6.45) is -2.15. The predicted octanol–water partition coefficient (Wildman–Crippen LogP) is 2.25. The van der Waals surface area contributed by atoms with Gasteiger partial charge in [0.15, 0.2) is 19.5 Å². The van der Waals surface area contributed by atoms with Crippen molar-refractivity contribution in [3.63, 3.8) is 0 Å². The van der Waals surface area contributed by atoms with Gasteiger partial charge in [-0.2, -0.15) is 0 Å². The van der Waals surface area contributed by atoms with E-state index in [0.29, 0.717) is 6.61 Å². The van der Waals surface area contributed by atoms with Gasteiger partial charge in [0.05, 0.1) is 6.61 Å². The number of rotatable bonds is 3. The van der Waals surface area contributed by atoms with Crippen molar-refractivity contribution in [2.75, 3.05) is 6.61 Å². The molecule has 6 atom stereocenters. The second-order valence-electron chi connectivity index (χ2n) is 7.93. The molecule has 0 aromatic rings. The van der Waals surface area contributed by atoms with Crippen LogP contribution in [0.5, 0.6) is 0 Å². The van der Waals surface area contributed by atoms with E-state index in [2.05, 4.69) is 38.9 Å². The number of ether oxygens (including phenoxy) is 3. The van der Waals surface area contributed by atoms with Crippen LogP contribution in [-0.4, -0.2) is 61.6 Å². The molecule has 3 aliphatic heterocycles. The molecule has 8 heteroatoms. The Hall–Kier alpha value is -0.343. The largest absolute Gasteiger partial charge is 0.451 e. The lowest BCUT2D eigenvalue weighted by molar-refractivity contribution is -0.0532. The maximum atomic E-state index is 10.7. The van der Waals surface area contributed by atoms with Crippen LogP contribution in [0.1, 0.15) is 27.7 Å². The number of aliphatic imine (C=N–C) groups is 1. The van der Waals surface area contributed by atoms with E-state index in [1.54, 1.807) is 0 Å². The van der Waals surface area contributed by atoms with Gasteiger partial charge in [0.25, 0.3) is 0 Å². The van der Waals surface area contributed by atoms with Crippen LogP contribution in [0.3, 0.4) is 0 Å². The quantitative estimate of drug-likeness (QED) is 0.615. The lowest BCUT2D eigenvalue weighted by Gasteiger charge is -2.46. The van der Waals surface area contributed by atoms with Crippen molar-refractivity contribution in [2.45, 2.75) is 81.3 Å². The first-order chi connectivity index (χ1) is 10.5. The fourth-order valence-corrected chi connectivity index (χ4v) is 5.27. The zero-order valence-electron chi connectivity index (χ0n) is 14.5. The standard InChI is InChI=1S/C15H26ClNO5Si/c1-7-19-13-17-8-9-11(18)15(16,12(20-9)10(8)21-13)22-23(5,6)14(2,3)4/h8-12,18H,7H2,1-6H3/t8-,9+,10-,11+,12-,15-/m1/s1. The van der Waals surface area contributed by atoms with Gasteiger partial charge in [-0.1, -0.05) is 32.4 Å². The van der Waals surface area contributed by atoms with E-state index in [9.17, 15) is 5.11 Å². The number of fused-ring (bicyclic) bond motifs is 5. The minimum absolute atomic E-state index is 0.0284. The summed E-state index contributed by atoms with van der Waals surface area (Å²) in [6.45, 7) is 12.9. The van der Waals surface area contributed by atoms with E-state index in [-0.39, 0.29) is 23.3 Å². The molecular weight excluding hydrogens is 338 g/mol. The maximum Gasteiger partial charge on any atom is 0.384 e. The molecular formula is C15H26ClNO5Si. The number of aliphatic hydroxyl groups excluding tert-OH is 1. The van der Waals surface area contributed by atoms with Crippen molar-refractivity contribution in [3.8, 4) is 0 Å². The molecule has 23 heavy (non-hydrogen) atoms. The summed E-state index contributed by atoms with van der Waals surface area (Å²) in [5, 5.41) is 9.38. The Kier molecular flexibility index (Phi) is 4.05. The first kappa shape index (κ1) is 17.5. The second kappa shape index (κ2) is 5.33. The highest BCUT2D eigenvalue weighted by Crippen LogP contribution is 2.53. The summed E-state index contributed by atoms with van der Waals surface area (Å²) in [4.78, 5) is 4.37. The number of aliphatic hydroxyl groups is 1. The van der Waals surface area contributed by atoms with E-state index in [0.717, 1.165) is 0 Å². The van der Waals surface area contributed by atoms with Gasteiger partial charge in [0.2, 0.25) is 0 Å². The lowest BCUT2D eigenvalue weighted by atomic mass is 9.88. The summed E-state index contributed by atoms with van der Waals surface area (Å²) in [7, 11) is -2.19. The maximum absolute atomic E-state index is 10.7. The van der Waals surface area contributed by atoms with Crippen LogP contribution < -0.4 is 0 Å². The van der Waals surface area contributed by atoms with Gasteiger partial charge in [0, 0.05) is 0 Å². The van der Waals surface area contributed by atoms with Crippen LogP contribution in [0, 0.1) is 0 Å². The molecule has 0 aromatic heterocycles. The molecule has 6 nitrogen and oxygen atoms in total. The third-order valence-electron chi connectivity index (χ3n) is 5.35. The van der Waals surface area contributed by atoms with E-state index in [1.807, 2.05) is 6.92 Å². The van der Waals surface area contributed by atoms with Gasteiger partial charge in [-0.15, -0.1) is 0 Å². The Morgan fingerprint density at radius 3 is 2.57 bits per heavy atom. The summed E-state index contributed by atoms with van der Waals surface area (Å²) >= 11 is 6.77.